The number of guanidine groups is 1. The largest absolute Gasteiger partial charge is 0.357 e. The summed E-state index contributed by atoms with van der Waals surface area (Å²) in [6, 6.07) is 8.63. The highest BCUT2D eigenvalue weighted by atomic mass is 127. The van der Waals surface area contributed by atoms with Crippen molar-refractivity contribution in [2.24, 2.45) is 4.99 Å². The highest BCUT2D eigenvalue weighted by molar-refractivity contribution is 14.0. The van der Waals surface area contributed by atoms with Crippen LogP contribution >= 0.6 is 24.0 Å². The van der Waals surface area contributed by atoms with Gasteiger partial charge in [0.15, 0.2) is 5.96 Å². The van der Waals surface area contributed by atoms with Gasteiger partial charge in [-0.15, -0.1) is 30.4 Å². The minimum atomic E-state index is 0. The highest BCUT2D eigenvalue weighted by Gasteiger charge is 2.44. The van der Waals surface area contributed by atoms with Crippen LogP contribution in [0.15, 0.2) is 29.3 Å². The summed E-state index contributed by atoms with van der Waals surface area (Å²) in [6.45, 7) is 6.40. The number of halogens is 1. The molecule has 1 aliphatic rings. The first kappa shape index (κ1) is 17.8. The summed E-state index contributed by atoms with van der Waals surface area (Å²) >= 11 is 0. The van der Waals surface area contributed by atoms with Crippen molar-refractivity contribution in [1.82, 2.24) is 10.6 Å². The molecule has 0 spiro atoms. The smallest absolute Gasteiger partial charge is 0.192 e. The Morgan fingerprint density at radius 1 is 1.33 bits per heavy atom. The van der Waals surface area contributed by atoms with Crippen LogP contribution in [0.1, 0.15) is 30.9 Å². The van der Waals surface area contributed by atoms with Gasteiger partial charge in [0.25, 0.3) is 0 Å². The molecule has 3 nitrogen and oxygen atoms in total. The minimum Gasteiger partial charge on any atom is -0.357 e. The van der Waals surface area contributed by atoms with Gasteiger partial charge in [-0.3, -0.25) is 4.99 Å². The summed E-state index contributed by atoms with van der Waals surface area (Å²) < 4.78 is 0. The molecule has 0 bridgehead atoms. The molecular weight excluding hydrogens is 373 g/mol. The second-order valence-electron chi connectivity index (χ2n) is 5.35. The number of rotatable bonds is 5. The molecule has 0 unspecified atom stereocenters. The van der Waals surface area contributed by atoms with Crippen LogP contribution in [-0.4, -0.2) is 25.6 Å². The van der Waals surface area contributed by atoms with E-state index in [2.05, 4.69) is 54.7 Å². The van der Waals surface area contributed by atoms with Gasteiger partial charge in [-0.25, -0.2) is 0 Å². The van der Waals surface area contributed by atoms with E-state index in [1.807, 2.05) is 0 Å². The zero-order chi connectivity index (χ0) is 14.4. The van der Waals surface area contributed by atoms with Crippen LogP contribution < -0.4 is 10.6 Å². The third-order valence-corrected chi connectivity index (χ3v) is 3.81. The molecule has 1 fully saturated rings. The lowest BCUT2D eigenvalue weighted by Gasteiger charge is -2.17. The van der Waals surface area contributed by atoms with Crippen molar-refractivity contribution in [3.63, 3.8) is 0 Å². The van der Waals surface area contributed by atoms with Crippen LogP contribution in [0.2, 0.25) is 0 Å². The van der Waals surface area contributed by atoms with Gasteiger partial charge in [-0.2, -0.15) is 0 Å². The zero-order valence-electron chi connectivity index (χ0n) is 12.8. The van der Waals surface area contributed by atoms with Gasteiger partial charge in [-0.05, 0) is 37.8 Å². The van der Waals surface area contributed by atoms with Crippen LogP contribution in [0.3, 0.4) is 0 Å². The summed E-state index contributed by atoms with van der Waals surface area (Å²) in [4.78, 5) is 4.70. The molecule has 4 heteroatoms. The average Bonchev–Trinajstić information content (AvgIpc) is 3.23. The molecule has 2 rings (SSSR count). The molecule has 0 radical (unpaired) electrons. The Balaban J connectivity index is 0.00000220. The van der Waals surface area contributed by atoms with Crippen LogP contribution in [0.5, 0.6) is 0 Å². The van der Waals surface area contributed by atoms with E-state index in [0.717, 1.165) is 19.0 Å². The van der Waals surface area contributed by atoms with E-state index in [4.69, 9.17) is 11.4 Å². The predicted octanol–water partition coefficient (Wildman–Crippen LogP) is 2.83. The van der Waals surface area contributed by atoms with Gasteiger partial charge < -0.3 is 10.6 Å². The van der Waals surface area contributed by atoms with E-state index < -0.39 is 0 Å². The number of aryl methyl sites for hydroxylation is 1. The fourth-order valence-corrected chi connectivity index (χ4v) is 2.54. The molecule has 0 heterocycles. The zero-order valence-corrected chi connectivity index (χ0v) is 15.1. The standard InChI is InChI=1S/C17H23N3.HI/c1-4-12-19-16(18-5-2)20-13-17(10-11-17)15-9-7-6-8-14(15)3;/h1,6-9H,5,10-13H2,2-3H3,(H2,18,19,20);1H. The Kier molecular flexibility index (Phi) is 7.03. The molecule has 0 aromatic heterocycles. The molecule has 0 amide bonds. The van der Waals surface area contributed by atoms with Crippen molar-refractivity contribution in [2.45, 2.75) is 32.1 Å². The molecule has 21 heavy (non-hydrogen) atoms. The maximum Gasteiger partial charge on any atom is 0.192 e. The van der Waals surface area contributed by atoms with Crippen molar-refractivity contribution in [2.75, 3.05) is 19.6 Å². The van der Waals surface area contributed by atoms with Crippen molar-refractivity contribution < 1.29 is 0 Å². The Morgan fingerprint density at radius 3 is 2.62 bits per heavy atom. The fraction of sp³-hybridized carbons (Fsp3) is 0.471. The van der Waals surface area contributed by atoms with E-state index in [-0.39, 0.29) is 29.4 Å². The molecule has 0 aliphatic heterocycles. The predicted molar refractivity (Wildman–Crippen MR) is 100 cm³/mol. The number of nitrogens with zero attached hydrogens (tertiary/aromatic N) is 1. The van der Waals surface area contributed by atoms with Crippen molar-refractivity contribution in [3.8, 4) is 12.3 Å². The molecule has 1 aliphatic carbocycles. The van der Waals surface area contributed by atoms with E-state index >= 15 is 0 Å². The Morgan fingerprint density at radius 2 is 2.05 bits per heavy atom. The summed E-state index contributed by atoms with van der Waals surface area (Å²) in [5.74, 6) is 3.39. The van der Waals surface area contributed by atoms with Gasteiger partial charge >= 0.3 is 0 Å². The summed E-state index contributed by atoms with van der Waals surface area (Å²) in [6.07, 6.45) is 7.72. The lowest BCUT2D eigenvalue weighted by molar-refractivity contribution is 0.691. The maximum atomic E-state index is 5.28. The number of terminal acetylenes is 1. The SMILES string of the molecule is C#CCNC(=NCC1(c2ccccc2C)CC1)NCC.I. The molecule has 1 aromatic rings. The van der Waals surface area contributed by atoms with Crippen LogP contribution in [-0.2, 0) is 5.41 Å². The monoisotopic (exact) mass is 397 g/mol. The van der Waals surface area contributed by atoms with Gasteiger partial charge in [0.2, 0.25) is 0 Å². The third-order valence-electron chi connectivity index (χ3n) is 3.81. The second kappa shape index (κ2) is 8.28. The average molecular weight is 397 g/mol. The number of hydrogen-bond donors (Lipinski definition) is 2. The lowest BCUT2D eigenvalue weighted by Crippen LogP contribution is -2.38. The summed E-state index contributed by atoms with van der Waals surface area (Å²) in [7, 11) is 0. The first-order chi connectivity index (χ1) is 9.72. The Bertz CT molecular complexity index is 527. The Labute approximate surface area is 145 Å². The van der Waals surface area contributed by atoms with Gasteiger partial charge in [0.05, 0.1) is 13.1 Å². The number of benzene rings is 1. The molecule has 2 N–H and O–H groups in total. The first-order valence-corrected chi connectivity index (χ1v) is 7.23. The van der Waals surface area contributed by atoms with E-state index in [1.54, 1.807) is 0 Å². The molecule has 114 valence electrons. The molecule has 0 saturated heterocycles. The summed E-state index contributed by atoms with van der Waals surface area (Å²) in [5, 5.41) is 6.37. The van der Waals surface area contributed by atoms with Gasteiger partial charge in [-0.1, -0.05) is 30.2 Å². The minimum absolute atomic E-state index is 0. The van der Waals surface area contributed by atoms with Crippen molar-refractivity contribution in [1.29, 1.82) is 0 Å². The maximum absolute atomic E-state index is 5.28. The van der Waals surface area contributed by atoms with E-state index in [1.165, 1.54) is 24.0 Å². The molecular formula is C17H24IN3. The van der Waals surface area contributed by atoms with Crippen LogP contribution in [0.25, 0.3) is 0 Å². The number of nitrogens with one attached hydrogen (secondary N) is 2. The first-order valence-electron chi connectivity index (χ1n) is 7.23. The number of hydrogen-bond acceptors (Lipinski definition) is 1. The lowest BCUT2D eigenvalue weighted by atomic mass is 9.92. The quantitative estimate of drug-likeness (QED) is 0.347. The van der Waals surface area contributed by atoms with E-state index in [9.17, 15) is 0 Å². The van der Waals surface area contributed by atoms with Crippen molar-refractivity contribution >= 4 is 29.9 Å². The molecule has 1 aromatic carbocycles. The Hall–Kier alpha value is -1.22. The second-order valence-corrected chi connectivity index (χ2v) is 5.35. The van der Waals surface area contributed by atoms with Gasteiger partial charge in [0.1, 0.15) is 0 Å². The summed E-state index contributed by atoms with van der Waals surface area (Å²) in [5.41, 5.74) is 3.04. The molecule has 0 atom stereocenters. The van der Waals surface area contributed by atoms with Crippen LogP contribution in [0.4, 0.5) is 0 Å². The highest BCUT2D eigenvalue weighted by Crippen LogP contribution is 2.49. The topological polar surface area (TPSA) is 36.4 Å². The normalized spacial score (nSPS) is 15.6. The molecule has 1 saturated carbocycles. The van der Waals surface area contributed by atoms with Crippen LogP contribution in [0, 0.1) is 19.3 Å². The number of aliphatic imine (C=N–C) groups is 1. The van der Waals surface area contributed by atoms with E-state index in [0.29, 0.717) is 6.54 Å². The van der Waals surface area contributed by atoms with Gasteiger partial charge in [0, 0.05) is 12.0 Å². The fourth-order valence-electron chi connectivity index (χ4n) is 2.54. The third kappa shape index (κ3) is 4.63. The van der Waals surface area contributed by atoms with Crippen molar-refractivity contribution in [3.05, 3.63) is 35.4 Å².